The van der Waals surface area contributed by atoms with E-state index < -0.39 is 5.60 Å². The lowest BCUT2D eigenvalue weighted by Crippen LogP contribution is -2.42. The van der Waals surface area contributed by atoms with Gasteiger partial charge in [-0.05, 0) is 13.5 Å². The number of ether oxygens (including phenoxy) is 2. The molecule has 13 heavy (non-hydrogen) atoms. The molecule has 0 aliphatic carbocycles. The summed E-state index contributed by atoms with van der Waals surface area (Å²) in [6.45, 7) is 6.59. The number of rotatable bonds is 8. The highest BCUT2D eigenvalue weighted by atomic mass is 16.5. The van der Waals surface area contributed by atoms with Crippen molar-refractivity contribution in [3.05, 3.63) is 0 Å². The fraction of sp³-hybridized carbons (Fsp3) is 1.00. The third-order valence-electron chi connectivity index (χ3n) is 1.60. The van der Waals surface area contributed by atoms with Gasteiger partial charge in [-0.3, -0.25) is 0 Å². The third kappa shape index (κ3) is 8.18. The van der Waals surface area contributed by atoms with Crippen molar-refractivity contribution in [2.24, 2.45) is 0 Å². The molecule has 0 fully saturated rings. The number of likely N-dealkylation sites (N-methyl/N-ethyl adjacent to an activating group) is 1. The molecule has 2 N–H and O–H groups in total. The third-order valence-corrected chi connectivity index (χ3v) is 1.60. The van der Waals surface area contributed by atoms with E-state index in [2.05, 4.69) is 5.32 Å². The van der Waals surface area contributed by atoms with Crippen molar-refractivity contribution in [1.29, 1.82) is 0 Å². The Labute approximate surface area is 80.2 Å². The molecule has 0 aliphatic rings. The molecule has 0 aromatic rings. The van der Waals surface area contributed by atoms with Gasteiger partial charge in [-0.1, -0.05) is 6.92 Å². The van der Waals surface area contributed by atoms with Gasteiger partial charge in [-0.25, -0.2) is 0 Å². The van der Waals surface area contributed by atoms with Crippen LogP contribution in [-0.2, 0) is 9.47 Å². The zero-order chi connectivity index (χ0) is 10.2. The fourth-order valence-electron chi connectivity index (χ4n) is 0.880. The van der Waals surface area contributed by atoms with Crippen LogP contribution >= 0.6 is 0 Å². The average molecular weight is 191 g/mol. The summed E-state index contributed by atoms with van der Waals surface area (Å²) in [4.78, 5) is 0. The number of aliphatic hydroxyl groups is 1. The standard InChI is InChI=1S/C9H21NO3/c1-4-10-7-9(2,11)8-13-6-5-12-3/h10-11H,4-8H2,1-3H3. The van der Waals surface area contributed by atoms with Crippen LogP contribution in [0.3, 0.4) is 0 Å². The normalized spacial score (nSPS) is 15.7. The van der Waals surface area contributed by atoms with E-state index >= 15 is 0 Å². The minimum atomic E-state index is -0.788. The Bertz CT molecular complexity index is 117. The Morgan fingerprint density at radius 3 is 2.62 bits per heavy atom. The van der Waals surface area contributed by atoms with Crippen LogP contribution in [0, 0.1) is 0 Å². The summed E-state index contributed by atoms with van der Waals surface area (Å²) >= 11 is 0. The molecule has 4 heteroatoms. The summed E-state index contributed by atoms with van der Waals surface area (Å²) in [5.41, 5.74) is -0.788. The monoisotopic (exact) mass is 191 g/mol. The van der Waals surface area contributed by atoms with Crippen LogP contribution in [0.4, 0.5) is 0 Å². The molecule has 0 saturated heterocycles. The molecule has 0 spiro atoms. The van der Waals surface area contributed by atoms with Crippen molar-refractivity contribution >= 4 is 0 Å². The maximum Gasteiger partial charge on any atom is 0.0975 e. The van der Waals surface area contributed by atoms with E-state index in [1.807, 2.05) is 6.92 Å². The molecule has 0 aromatic carbocycles. The SMILES string of the molecule is CCNCC(C)(O)COCCOC. The van der Waals surface area contributed by atoms with Gasteiger partial charge in [-0.2, -0.15) is 0 Å². The van der Waals surface area contributed by atoms with E-state index in [0.717, 1.165) is 6.54 Å². The summed E-state index contributed by atoms with van der Waals surface area (Å²) in [5, 5.41) is 12.8. The first-order chi connectivity index (χ1) is 6.12. The molecule has 0 amide bonds. The number of methoxy groups -OCH3 is 1. The second kappa shape index (κ2) is 7.26. The van der Waals surface area contributed by atoms with Gasteiger partial charge in [-0.15, -0.1) is 0 Å². The Kier molecular flexibility index (Phi) is 7.17. The first-order valence-electron chi connectivity index (χ1n) is 4.62. The maximum absolute atomic E-state index is 9.72. The number of hydrogen-bond donors (Lipinski definition) is 2. The van der Waals surface area contributed by atoms with Crippen LogP contribution in [0.5, 0.6) is 0 Å². The molecular weight excluding hydrogens is 170 g/mol. The van der Waals surface area contributed by atoms with Crippen LogP contribution < -0.4 is 5.32 Å². The largest absolute Gasteiger partial charge is 0.386 e. The summed E-state index contributed by atoms with van der Waals surface area (Å²) in [5.74, 6) is 0. The van der Waals surface area contributed by atoms with E-state index in [0.29, 0.717) is 26.4 Å². The number of hydrogen-bond acceptors (Lipinski definition) is 4. The van der Waals surface area contributed by atoms with E-state index in [9.17, 15) is 5.11 Å². The van der Waals surface area contributed by atoms with Gasteiger partial charge in [0.05, 0.1) is 25.4 Å². The van der Waals surface area contributed by atoms with Gasteiger partial charge < -0.3 is 19.9 Å². The smallest absolute Gasteiger partial charge is 0.0975 e. The molecule has 0 rings (SSSR count). The average Bonchev–Trinajstić information content (AvgIpc) is 2.09. The summed E-state index contributed by atoms with van der Waals surface area (Å²) in [6.07, 6.45) is 0. The van der Waals surface area contributed by atoms with Crippen molar-refractivity contribution in [2.45, 2.75) is 19.4 Å². The predicted molar refractivity (Wildman–Crippen MR) is 51.9 cm³/mol. The first-order valence-corrected chi connectivity index (χ1v) is 4.62. The van der Waals surface area contributed by atoms with E-state index in [1.54, 1.807) is 14.0 Å². The first kappa shape index (κ1) is 12.8. The Balaban J connectivity index is 3.39. The molecular formula is C9H21NO3. The predicted octanol–water partition coefficient (Wildman–Crippen LogP) is 0.00990. The van der Waals surface area contributed by atoms with Crippen molar-refractivity contribution in [3.63, 3.8) is 0 Å². The van der Waals surface area contributed by atoms with E-state index in [1.165, 1.54) is 0 Å². The lowest BCUT2D eigenvalue weighted by Gasteiger charge is -2.23. The molecule has 0 bridgehead atoms. The lowest BCUT2D eigenvalue weighted by molar-refractivity contribution is -0.0424. The van der Waals surface area contributed by atoms with Crippen molar-refractivity contribution in [3.8, 4) is 0 Å². The highest BCUT2D eigenvalue weighted by Crippen LogP contribution is 2.01. The Morgan fingerprint density at radius 2 is 2.08 bits per heavy atom. The molecule has 1 atom stereocenters. The zero-order valence-corrected chi connectivity index (χ0v) is 8.80. The van der Waals surface area contributed by atoms with Crippen molar-refractivity contribution in [2.75, 3.05) is 40.0 Å². The highest BCUT2D eigenvalue weighted by Gasteiger charge is 2.19. The van der Waals surface area contributed by atoms with Crippen LogP contribution in [0.2, 0.25) is 0 Å². The summed E-state index contributed by atoms with van der Waals surface area (Å²) in [6, 6.07) is 0. The van der Waals surface area contributed by atoms with Crippen molar-refractivity contribution < 1.29 is 14.6 Å². The molecule has 0 heterocycles. The van der Waals surface area contributed by atoms with Gasteiger partial charge in [0.25, 0.3) is 0 Å². The highest BCUT2D eigenvalue weighted by molar-refractivity contribution is 4.74. The summed E-state index contributed by atoms with van der Waals surface area (Å²) in [7, 11) is 1.63. The van der Waals surface area contributed by atoms with Crippen molar-refractivity contribution in [1.82, 2.24) is 5.32 Å². The van der Waals surface area contributed by atoms with Gasteiger partial charge >= 0.3 is 0 Å². The van der Waals surface area contributed by atoms with Gasteiger partial charge in [0.2, 0.25) is 0 Å². The minimum absolute atomic E-state index is 0.337. The minimum Gasteiger partial charge on any atom is -0.386 e. The maximum atomic E-state index is 9.72. The van der Waals surface area contributed by atoms with Crippen LogP contribution in [0.1, 0.15) is 13.8 Å². The van der Waals surface area contributed by atoms with E-state index in [4.69, 9.17) is 9.47 Å². The van der Waals surface area contributed by atoms with Gasteiger partial charge in [0.1, 0.15) is 0 Å². The molecule has 1 unspecified atom stereocenters. The Morgan fingerprint density at radius 1 is 1.38 bits per heavy atom. The second-order valence-corrected chi connectivity index (χ2v) is 3.32. The van der Waals surface area contributed by atoms with Gasteiger partial charge in [0, 0.05) is 13.7 Å². The molecule has 0 aliphatic heterocycles. The molecule has 4 nitrogen and oxygen atoms in total. The molecule has 0 radical (unpaired) electrons. The fourth-order valence-corrected chi connectivity index (χ4v) is 0.880. The topological polar surface area (TPSA) is 50.7 Å². The van der Waals surface area contributed by atoms with Crippen LogP contribution in [-0.4, -0.2) is 50.7 Å². The Hall–Kier alpha value is -0.160. The van der Waals surface area contributed by atoms with Gasteiger partial charge in [0.15, 0.2) is 0 Å². The second-order valence-electron chi connectivity index (χ2n) is 3.32. The lowest BCUT2D eigenvalue weighted by atomic mass is 10.1. The molecule has 0 aromatic heterocycles. The zero-order valence-electron chi connectivity index (χ0n) is 8.80. The van der Waals surface area contributed by atoms with E-state index in [-0.39, 0.29) is 0 Å². The number of nitrogens with one attached hydrogen (secondary N) is 1. The quantitative estimate of drug-likeness (QED) is 0.531. The van der Waals surface area contributed by atoms with Crippen LogP contribution in [0.15, 0.2) is 0 Å². The van der Waals surface area contributed by atoms with Crippen LogP contribution in [0.25, 0.3) is 0 Å². The molecule has 0 saturated carbocycles. The summed E-state index contributed by atoms with van der Waals surface area (Å²) < 4.78 is 10.0. The molecule has 80 valence electrons.